The van der Waals surface area contributed by atoms with E-state index in [1.807, 2.05) is 67.6 Å². The summed E-state index contributed by atoms with van der Waals surface area (Å²) in [6, 6.07) is 21.2. The third-order valence-corrected chi connectivity index (χ3v) is 5.70. The van der Waals surface area contributed by atoms with Gasteiger partial charge in [-0.15, -0.1) is 0 Å². The van der Waals surface area contributed by atoms with Crippen LogP contribution in [0.25, 0.3) is 17.4 Å². The molecule has 2 aromatic heterocycles. The molecule has 0 saturated carbocycles. The van der Waals surface area contributed by atoms with Gasteiger partial charge in [0, 0.05) is 34.7 Å². The van der Waals surface area contributed by atoms with Crippen LogP contribution in [-0.4, -0.2) is 16.0 Å². The number of carbonyl (C=O) groups is 1. The molecule has 4 rings (SSSR count). The van der Waals surface area contributed by atoms with Crippen LogP contribution in [0.15, 0.2) is 89.6 Å². The summed E-state index contributed by atoms with van der Waals surface area (Å²) in [5.41, 5.74) is 5.02. The van der Waals surface area contributed by atoms with Gasteiger partial charge in [-0.05, 0) is 90.8 Å². The summed E-state index contributed by atoms with van der Waals surface area (Å²) < 4.78 is 5.79. The molecule has 0 aliphatic carbocycles. The highest BCUT2D eigenvalue weighted by Gasteiger charge is 2.07. The molecule has 0 fully saturated rings. The number of thiocarbonyl (C=S) groups is 1. The van der Waals surface area contributed by atoms with Crippen LogP contribution in [0.2, 0.25) is 5.02 Å². The van der Waals surface area contributed by atoms with Gasteiger partial charge in [0.25, 0.3) is 0 Å². The molecule has 0 bridgehead atoms. The van der Waals surface area contributed by atoms with Crippen LogP contribution in [0, 0.1) is 6.92 Å². The molecule has 0 radical (unpaired) electrons. The molecular formula is C27H22ClN3O2S. The van der Waals surface area contributed by atoms with E-state index in [2.05, 4.69) is 15.6 Å². The molecule has 5 nitrogen and oxygen atoms in total. The molecule has 0 saturated heterocycles. The van der Waals surface area contributed by atoms with Crippen molar-refractivity contribution in [3.63, 3.8) is 0 Å². The Bertz CT molecular complexity index is 1330. The van der Waals surface area contributed by atoms with Crippen molar-refractivity contribution in [2.45, 2.75) is 13.3 Å². The maximum atomic E-state index is 12.2. The lowest BCUT2D eigenvalue weighted by Crippen LogP contribution is -2.32. The lowest BCUT2D eigenvalue weighted by molar-refractivity contribution is -0.115. The lowest BCUT2D eigenvalue weighted by atomic mass is 10.1. The van der Waals surface area contributed by atoms with Crippen LogP contribution in [0.5, 0.6) is 0 Å². The van der Waals surface area contributed by atoms with Crippen LogP contribution in [0.3, 0.4) is 0 Å². The number of carbonyl (C=O) groups excluding carboxylic acids is 1. The Morgan fingerprint density at radius 3 is 2.50 bits per heavy atom. The molecule has 0 aliphatic heterocycles. The van der Waals surface area contributed by atoms with Gasteiger partial charge in [-0.3, -0.25) is 15.1 Å². The number of anilines is 1. The molecule has 0 unspecified atom stereocenters. The van der Waals surface area contributed by atoms with Crippen molar-refractivity contribution in [3.05, 3.63) is 113 Å². The molecule has 2 heterocycles. The van der Waals surface area contributed by atoms with E-state index < -0.39 is 0 Å². The molecule has 2 N–H and O–H groups in total. The van der Waals surface area contributed by atoms with Gasteiger partial charge in [-0.1, -0.05) is 35.9 Å². The highest BCUT2D eigenvalue weighted by molar-refractivity contribution is 7.80. The number of amides is 1. The van der Waals surface area contributed by atoms with Gasteiger partial charge >= 0.3 is 0 Å². The minimum atomic E-state index is -0.358. The first-order valence-corrected chi connectivity index (χ1v) is 11.4. The summed E-state index contributed by atoms with van der Waals surface area (Å²) in [4.78, 5) is 16.3. The molecule has 1 amide bonds. The number of aryl methyl sites for hydroxylation is 1. The van der Waals surface area contributed by atoms with E-state index in [9.17, 15) is 4.79 Å². The van der Waals surface area contributed by atoms with Gasteiger partial charge in [-0.2, -0.15) is 0 Å². The van der Waals surface area contributed by atoms with Crippen LogP contribution in [0.4, 0.5) is 5.69 Å². The minimum absolute atomic E-state index is 0.214. The zero-order chi connectivity index (χ0) is 23.9. The maximum absolute atomic E-state index is 12.2. The maximum Gasteiger partial charge on any atom is 0.250 e. The highest BCUT2D eigenvalue weighted by Crippen LogP contribution is 2.27. The van der Waals surface area contributed by atoms with E-state index in [1.54, 1.807) is 24.5 Å². The molecular weight excluding hydrogens is 466 g/mol. The third-order valence-electron chi connectivity index (χ3n) is 5.09. The smallest absolute Gasteiger partial charge is 0.250 e. The topological polar surface area (TPSA) is 67.2 Å². The summed E-state index contributed by atoms with van der Waals surface area (Å²) in [6.07, 6.45) is 7.35. The monoisotopic (exact) mass is 487 g/mol. The second-order valence-corrected chi connectivity index (χ2v) is 8.49. The number of benzene rings is 2. The van der Waals surface area contributed by atoms with E-state index in [-0.39, 0.29) is 11.0 Å². The standard InChI is InChI=1S/C27H22ClN3O2S/c1-18-2-5-21(17-24(18)28)25-10-8-23(33-25)9-11-26(32)31-27(34)30-22-6-3-19(4-7-22)16-20-12-14-29-15-13-20/h2-15,17H,16H2,1H3,(H2,30,31,32,34)/b11-9+. The minimum Gasteiger partial charge on any atom is -0.457 e. The van der Waals surface area contributed by atoms with Crippen molar-refractivity contribution in [2.24, 2.45) is 0 Å². The predicted molar refractivity (Wildman–Crippen MR) is 141 cm³/mol. The Balaban J connectivity index is 1.29. The summed E-state index contributed by atoms with van der Waals surface area (Å²) in [7, 11) is 0. The molecule has 4 aromatic rings. The molecule has 34 heavy (non-hydrogen) atoms. The van der Waals surface area contributed by atoms with Crippen LogP contribution >= 0.6 is 23.8 Å². The number of halogens is 1. The van der Waals surface area contributed by atoms with Crippen LogP contribution < -0.4 is 10.6 Å². The van der Waals surface area contributed by atoms with Crippen molar-refractivity contribution >= 4 is 46.6 Å². The number of rotatable bonds is 6. The average Bonchev–Trinajstić information content (AvgIpc) is 3.30. The third kappa shape index (κ3) is 6.41. The number of hydrogen-bond acceptors (Lipinski definition) is 4. The Hall–Kier alpha value is -3.74. The number of hydrogen-bond donors (Lipinski definition) is 2. The van der Waals surface area contributed by atoms with Crippen molar-refractivity contribution < 1.29 is 9.21 Å². The van der Waals surface area contributed by atoms with Gasteiger partial charge in [0.1, 0.15) is 11.5 Å². The first-order chi connectivity index (χ1) is 16.5. The molecule has 0 spiro atoms. The molecule has 170 valence electrons. The zero-order valence-corrected chi connectivity index (χ0v) is 20.0. The fraction of sp³-hybridized carbons (Fsp3) is 0.0741. The second kappa shape index (κ2) is 10.9. The molecule has 0 aliphatic rings. The van der Waals surface area contributed by atoms with Crippen molar-refractivity contribution in [2.75, 3.05) is 5.32 Å². The summed E-state index contributed by atoms with van der Waals surface area (Å²) in [5, 5.41) is 6.54. The largest absolute Gasteiger partial charge is 0.457 e. The van der Waals surface area contributed by atoms with Gasteiger partial charge < -0.3 is 9.73 Å². The van der Waals surface area contributed by atoms with Crippen LogP contribution in [-0.2, 0) is 11.2 Å². The average molecular weight is 488 g/mol. The van der Waals surface area contributed by atoms with Crippen LogP contribution in [0.1, 0.15) is 22.5 Å². The van der Waals surface area contributed by atoms with E-state index in [4.69, 9.17) is 28.2 Å². The van der Waals surface area contributed by atoms with Crippen molar-refractivity contribution in [3.8, 4) is 11.3 Å². The van der Waals surface area contributed by atoms with E-state index >= 15 is 0 Å². The highest BCUT2D eigenvalue weighted by atomic mass is 35.5. The predicted octanol–water partition coefficient (Wildman–Crippen LogP) is 6.42. The normalized spacial score (nSPS) is 10.9. The number of pyridine rings is 1. The number of nitrogens with one attached hydrogen (secondary N) is 2. The van der Waals surface area contributed by atoms with Gasteiger partial charge in [-0.25, -0.2) is 0 Å². The number of aromatic nitrogens is 1. The Labute approximate surface area is 208 Å². The molecule has 2 aromatic carbocycles. The van der Waals surface area contributed by atoms with Crippen molar-refractivity contribution in [1.82, 2.24) is 10.3 Å². The Morgan fingerprint density at radius 2 is 1.76 bits per heavy atom. The Kier molecular flexibility index (Phi) is 7.52. The van der Waals surface area contributed by atoms with Gasteiger partial charge in [0.05, 0.1) is 0 Å². The summed E-state index contributed by atoms with van der Waals surface area (Å²) in [6.45, 7) is 1.94. The first-order valence-electron chi connectivity index (χ1n) is 10.6. The molecule has 0 atom stereocenters. The number of nitrogens with zero attached hydrogens (tertiary/aromatic N) is 1. The van der Waals surface area contributed by atoms with Gasteiger partial charge in [0.2, 0.25) is 5.91 Å². The van der Waals surface area contributed by atoms with E-state index in [0.717, 1.165) is 23.2 Å². The fourth-order valence-corrected chi connectivity index (χ4v) is 3.66. The second-order valence-electron chi connectivity index (χ2n) is 7.67. The SMILES string of the molecule is Cc1ccc(-c2ccc(/C=C/C(=O)NC(=S)Nc3ccc(Cc4ccncc4)cc3)o2)cc1Cl. The van der Waals surface area contributed by atoms with Crippen molar-refractivity contribution in [1.29, 1.82) is 0 Å². The van der Waals surface area contributed by atoms with E-state index in [0.29, 0.717) is 16.5 Å². The zero-order valence-electron chi connectivity index (χ0n) is 18.4. The molecule has 7 heteroatoms. The first kappa shape index (κ1) is 23.4. The van der Waals surface area contributed by atoms with E-state index in [1.165, 1.54) is 17.2 Å². The summed E-state index contributed by atoms with van der Waals surface area (Å²) >= 11 is 11.4. The quantitative estimate of drug-likeness (QED) is 0.242. The summed E-state index contributed by atoms with van der Waals surface area (Å²) in [5.74, 6) is 0.861. The van der Waals surface area contributed by atoms with Gasteiger partial charge in [0.15, 0.2) is 5.11 Å². The fourth-order valence-electron chi connectivity index (χ4n) is 3.26. The Morgan fingerprint density at radius 1 is 1.03 bits per heavy atom. The lowest BCUT2D eigenvalue weighted by Gasteiger charge is -2.09. The number of furan rings is 1.